The predicted molar refractivity (Wildman–Crippen MR) is 125 cm³/mol. The van der Waals surface area contributed by atoms with E-state index in [1.54, 1.807) is 13.0 Å². The SMILES string of the molecule is C[C@H](C(N)=O)N(c1ccc(F)cc1)c1nc(N)c(C(=O)c2cc(-c3ccccc3)ns2)s1. The van der Waals surface area contributed by atoms with E-state index in [9.17, 15) is 14.0 Å². The third-order valence-corrected chi connectivity index (χ3v) is 6.62. The molecule has 162 valence electrons. The summed E-state index contributed by atoms with van der Waals surface area (Å²) >= 11 is 2.12. The molecule has 1 atom stereocenters. The van der Waals surface area contributed by atoms with Crippen LogP contribution in [-0.2, 0) is 4.79 Å². The lowest BCUT2D eigenvalue weighted by molar-refractivity contribution is -0.118. The number of primary amides is 1. The number of benzene rings is 2. The number of nitrogen functional groups attached to an aromatic ring is 1. The fourth-order valence-electron chi connectivity index (χ4n) is 3.05. The first-order valence-electron chi connectivity index (χ1n) is 9.52. The summed E-state index contributed by atoms with van der Waals surface area (Å²) < 4.78 is 17.8. The molecule has 0 aliphatic carbocycles. The molecule has 0 saturated heterocycles. The molecular weight excluding hydrogens is 449 g/mol. The highest BCUT2D eigenvalue weighted by Gasteiger charge is 2.28. The summed E-state index contributed by atoms with van der Waals surface area (Å²) in [6.07, 6.45) is 0. The van der Waals surface area contributed by atoms with Gasteiger partial charge in [0.2, 0.25) is 11.7 Å². The first-order valence-corrected chi connectivity index (χ1v) is 11.1. The lowest BCUT2D eigenvalue weighted by Gasteiger charge is -2.26. The molecular formula is C22H18FN5O2S2. The van der Waals surface area contributed by atoms with Crippen molar-refractivity contribution in [1.29, 1.82) is 0 Å². The van der Waals surface area contributed by atoms with Gasteiger partial charge in [0.15, 0.2) is 5.13 Å². The number of hydrogen-bond donors (Lipinski definition) is 2. The number of rotatable bonds is 7. The highest BCUT2D eigenvalue weighted by Crippen LogP contribution is 2.36. The average molecular weight is 468 g/mol. The minimum atomic E-state index is -0.804. The van der Waals surface area contributed by atoms with E-state index >= 15 is 0 Å². The zero-order chi connectivity index (χ0) is 22.8. The van der Waals surface area contributed by atoms with Gasteiger partial charge in [-0.05, 0) is 48.8 Å². The quantitative estimate of drug-likeness (QED) is 0.393. The summed E-state index contributed by atoms with van der Waals surface area (Å²) in [6, 6.07) is 16.0. The zero-order valence-corrected chi connectivity index (χ0v) is 18.5. The number of anilines is 3. The van der Waals surface area contributed by atoms with Crippen molar-refractivity contribution in [3.63, 3.8) is 0 Å². The Morgan fingerprint density at radius 1 is 1.09 bits per heavy atom. The molecule has 10 heteroatoms. The maximum atomic E-state index is 13.4. The molecule has 2 aromatic carbocycles. The molecule has 1 amide bonds. The van der Waals surface area contributed by atoms with Crippen LogP contribution in [0.2, 0.25) is 0 Å². The smallest absolute Gasteiger partial charge is 0.240 e. The average Bonchev–Trinajstić information content (AvgIpc) is 3.43. The maximum absolute atomic E-state index is 13.4. The van der Waals surface area contributed by atoms with Crippen LogP contribution in [0.3, 0.4) is 0 Å². The predicted octanol–water partition coefficient (Wildman–Crippen LogP) is 4.23. The van der Waals surface area contributed by atoms with Gasteiger partial charge in [0, 0.05) is 11.3 Å². The van der Waals surface area contributed by atoms with E-state index in [1.165, 1.54) is 29.2 Å². The molecule has 0 aliphatic heterocycles. The number of amides is 1. The van der Waals surface area contributed by atoms with E-state index in [0.29, 0.717) is 21.4 Å². The van der Waals surface area contributed by atoms with Gasteiger partial charge in [-0.3, -0.25) is 9.59 Å². The number of thiazole rings is 1. The van der Waals surface area contributed by atoms with Gasteiger partial charge >= 0.3 is 0 Å². The van der Waals surface area contributed by atoms with E-state index < -0.39 is 17.8 Å². The summed E-state index contributed by atoms with van der Waals surface area (Å²) in [4.78, 5) is 31.5. The fraction of sp³-hybridized carbons (Fsp3) is 0.0909. The van der Waals surface area contributed by atoms with Crippen LogP contribution in [-0.4, -0.2) is 27.1 Å². The Morgan fingerprint density at radius 2 is 1.78 bits per heavy atom. The van der Waals surface area contributed by atoms with Crippen LogP contribution in [0.15, 0.2) is 60.7 Å². The molecule has 0 bridgehead atoms. The number of nitrogens with two attached hydrogens (primary N) is 2. The minimum Gasteiger partial charge on any atom is -0.382 e. The Labute approximate surface area is 191 Å². The normalized spacial score (nSPS) is 11.8. The number of carbonyl (C=O) groups is 2. The van der Waals surface area contributed by atoms with Gasteiger partial charge in [-0.25, -0.2) is 9.37 Å². The number of ketones is 1. The maximum Gasteiger partial charge on any atom is 0.240 e. The second kappa shape index (κ2) is 8.85. The van der Waals surface area contributed by atoms with Crippen molar-refractivity contribution in [3.05, 3.63) is 76.2 Å². The molecule has 4 aromatic rings. The summed E-state index contributed by atoms with van der Waals surface area (Å²) in [5.41, 5.74) is 13.7. The number of aromatic nitrogens is 2. The first kappa shape index (κ1) is 21.6. The van der Waals surface area contributed by atoms with E-state index in [4.69, 9.17) is 11.5 Å². The van der Waals surface area contributed by atoms with Crippen molar-refractivity contribution in [2.45, 2.75) is 13.0 Å². The molecule has 2 aromatic heterocycles. The molecule has 0 unspecified atom stereocenters. The molecule has 4 N–H and O–H groups in total. The Morgan fingerprint density at radius 3 is 2.44 bits per heavy atom. The van der Waals surface area contributed by atoms with Crippen molar-refractivity contribution in [2.75, 3.05) is 10.6 Å². The van der Waals surface area contributed by atoms with Crippen molar-refractivity contribution in [3.8, 4) is 11.3 Å². The summed E-state index contributed by atoms with van der Waals surface area (Å²) in [7, 11) is 0. The largest absolute Gasteiger partial charge is 0.382 e. The topological polar surface area (TPSA) is 115 Å². The summed E-state index contributed by atoms with van der Waals surface area (Å²) in [5, 5.41) is 0.302. The van der Waals surface area contributed by atoms with Crippen LogP contribution in [0.4, 0.5) is 21.0 Å². The van der Waals surface area contributed by atoms with Crippen LogP contribution in [0.1, 0.15) is 21.5 Å². The van der Waals surface area contributed by atoms with Crippen LogP contribution in [0, 0.1) is 5.82 Å². The number of nitrogens with zero attached hydrogens (tertiary/aromatic N) is 3. The van der Waals surface area contributed by atoms with Crippen molar-refractivity contribution in [1.82, 2.24) is 9.36 Å². The second-order valence-electron chi connectivity index (χ2n) is 6.91. The third-order valence-electron chi connectivity index (χ3n) is 4.76. The Kier molecular flexibility index (Phi) is 5.97. The Hall–Kier alpha value is -3.63. The Balaban J connectivity index is 1.69. The standard InChI is InChI=1S/C22H18FN5O2S2/c1-12(21(25)30)28(15-9-7-14(23)8-10-15)22-26-20(24)19(31-22)18(29)17-11-16(27-32-17)13-5-3-2-4-6-13/h2-12H,24H2,1H3,(H2,25,30)/t12-/m1/s1. The van der Waals surface area contributed by atoms with Gasteiger partial charge < -0.3 is 16.4 Å². The molecule has 7 nitrogen and oxygen atoms in total. The lowest BCUT2D eigenvalue weighted by atomic mass is 10.1. The van der Waals surface area contributed by atoms with Crippen LogP contribution >= 0.6 is 22.9 Å². The van der Waals surface area contributed by atoms with Gasteiger partial charge in [0.25, 0.3) is 0 Å². The van der Waals surface area contributed by atoms with Crippen molar-refractivity contribution in [2.24, 2.45) is 5.73 Å². The number of carbonyl (C=O) groups excluding carboxylic acids is 2. The highest BCUT2D eigenvalue weighted by molar-refractivity contribution is 7.19. The number of halogens is 1. The van der Waals surface area contributed by atoms with Gasteiger partial charge in [-0.2, -0.15) is 4.37 Å². The molecule has 0 saturated carbocycles. The van der Waals surface area contributed by atoms with E-state index in [-0.39, 0.29) is 16.5 Å². The van der Waals surface area contributed by atoms with Crippen LogP contribution in [0.25, 0.3) is 11.3 Å². The minimum absolute atomic E-state index is 0.0356. The van der Waals surface area contributed by atoms with Gasteiger partial charge in [0.05, 0.1) is 10.6 Å². The van der Waals surface area contributed by atoms with Crippen LogP contribution in [0.5, 0.6) is 0 Å². The zero-order valence-electron chi connectivity index (χ0n) is 16.9. The van der Waals surface area contributed by atoms with Gasteiger partial charge in [-0.15, -0.1) is 0 Å². The molecule has 32 heavy (non-hydrogen) atoms. The van der Waals surface area contributed by atoms with Crippen LogP contribution < -0.4 is 16.4 Å². The lowest BCUT2D eigenvalue weighted by Crippen LogP contribution is -2.39. The fourth-order valence-corrected chi connectivity index (χ4v) is 4.86. The molecule has 2 heterocycles. The van der Waals surface area contributed by atoms with E-state index in [2.05, 4.69) is 9.36 Å². The molecule has 0 fully saturated rings. The second-order valence-corrected chi connectivity index (χ2v) is 8.69. The van der Waals surface area contributed by atoms with Gasteiger partial charge in [-0.1, -0.05) is 41.7 Å². The Bertz CT molecular complexity index is 1270. The van der Waals surface area contributed by atoms with Gasteiger partial charge in [0.1, 0.15) is 22.6 Å². The van der Waals surface area contributed by atoms with E-state index in [1.807, 2.05) is 30.3 Å². The van der Waals surface area contributed by atoms with E-state index in [0.717, 1.165) is 28.4 Å². The molecule has 0 aliphatic rings. The van der Waals surface area contributed by atoms with Crippen molar-refractivity contribution >= 4 is 51.2 Å². The first-order chi connectivity index (χ1) is 15.3. The molecule has 4 rings (SSSR count). The summed E-state index contributed by atoms with van der Waals surface area (Å²) in [5.74, 6) is -1.30. The molecule has 0 radical (unpaired) electrons. The van der Waals surface area contributed by atoms with Crippen molar-refractivity contribution < 1.29 is 14.0 Å². The number of hydrogen-bond acceptors (Lipinski definition) is 8. The summed E-state index contributed by atoms with van der Waals surface area (Å²) in [6.45, 7) is 1.60. The molecule has 0 spiro atoms. The third kappa shape index (κ3) is 4.23. The monoisotopic (exact) mass is 467 g/mol. The highest BCUT2D eigenvalue weighted by atomic mass is 32.1.